The minimum Gasteiger partial charge on any atom is -0.396 e. The van der Waals surface area contributed by atoms with Crippen molar-refractivity contribution in [3.63, 3.8) is 0 Å². The van der Waals surface area contributed by atoms with E-state index in [0.29, 0.717) is 36.6 Å². The first-order valence-electron chi connectivity index (χ1n) is 11.5. The second-order valence-corrected chi connectivity index (χ2v) is 8.00. The lowest BCUT2D eigenvalue weighted by atomic mass is 9.92. The Labute approximate surface area is 189 Å². The first-order valence-corrected chi connectivity index (χ1v) is 11.5. The lowest BCUT2D eigenvalue weighted by molar-refractivity contribution is 0.0662. The number of hydrogen-bond acceptors (Lipinski definition) is 5. The van der Waals surface area contributed by atoms with E-state index >= 15 is 0 Å². The molecule has 0 bridgehead atoms. The van der Waals surface area contributed by atoms with E-state index in [4.69, 9.17) is 9.94 Å². The zero-order valence-electron chi connectivity index (χ0n) is 19.5. The number of benzene rings is 1. The SMILES string of the molecule is CC.Cc1ccc(Nc2c(C(NOCCCO)=C3CC3)c3c(n2C)C(=O)CCC3)c(F)c1. The molecule has 1 heterocycles. The number of halogens is 1. The predicted molar refractivity (Wildman–Crippen MR) is 125 cm³/mol. The van der Waals surface area contributed by atoms with Gasteiger partial charge in [0.2, 0.25) is 0 Å². The average molecular weight is 444 g/mol. The number of nitrogens with zero attached hydrogens (tertiary/aromatic N) is 1. The predicted octanol–water partition coefficient (Wildman–Crippen LogP) is 5.17. The number of carbonyl (C=O) groups is 1. The van der Waals surface area contributed by atoms with Gasteiger partial charge in [-0.05, 0) is 67.9 Å². The number of aliphatic hydroxyl groups excluding tert-OH is 1. The first kappa shape index (κ1) is 24.0. The van der Waals surface area contributed by atoms with Gasteiger partial charge >= 0.3 is 0 Å². The number of hydroxylamine groups is 1. The van der Waals surface area contributed by atoms with Gasteiger partial charge in [0.25, 0.3) is 0 Å². The zero-order chi connectivity index (χ0) is 23.3. The number of ketones is 1. The summed E-state index contributed by atoms with van der Waals surface area (Å²) in [7, 11) is 1.85. The number of carbonyl (C=O) groups excluding carboxylic acids is 1. The van der Waals surface area contributed by atoms with Gasteiger partial charge in [0, 0.05) is 25.6 Å². The molecule has 6 nitrogen and oxygen atoms in total. The van der Waals surface area contributed by atoms with Crippen LogP contribution in [0.1, 0.15) is 73.1 Å². The minimum absolute atomic E-state index is 0.0579. The zero-order valence-corrected chi connectivity index (χ0v) is 19.5. The Morgan fingerprint density at radius 3 is 2.62 bits per heavy atom. The highest BCUT2D eigenvalue weighted by molar-refractivity contribution is 6.01. The van der Waals surface area contributed by atoms with Gasteiger partial charge in [0.1, 0.15) is 11.6 Å². The van der Waals surface area contributed by atoms with E-state index in [1.165, 1.54) is 11.6 Å². The fourth-order valence-electron chi connectivity index (χ4n) is 4.02. The minimum atomic E-state index is -0.334. The third-order valence-corrected chi connectivity index (χ3v) is 5.65. The second kappa shape index (κ2) is 10.8. The number of anilines is 2. The van der Waals surface area contributed by atoms with Gasteiger partial charge < -0.3 is 15.0 Å². The molecule has 32 heavy (non-hydrogen) atoms. The molecule has 2 aromatic rings. The van der Waals surface area contributed by atoms with Crippen LogP contribution in [0, 0.1) is 12.7 Å². The Balaban J connectivity index is 0.00000141. The highest BCUT2D eigenvalue weighted by atomic mass is 19.1. The molecular formula is C25H34FN3O3. The van der Waals surface area contributed by atoms with Gasteiger partial charge in [-0.25, -0.2) is 4.39 Å². The summed E-state index contributed by atoms with van der Waals surface area (Å²) in [5, 5.41) is 12.3. The van der Waals surface area contributed by atoms with Crippen molar-refractivity contribution in [1.29, 1.82) is 0 Å². The number of aryl methyl sites for hydroxylation is 1. The van der Waals surface area contributed by atoms with Crippen LogP contribution in [0.3, 0.4) is 0 Å². The van der Waals surface area contributed by atoms with Crippen molar-refractivity contribution in [3.05, 3.63) is 52.0 Å². The van der Waals surface area contributed by atoms with E-state index < -0.39 is 0 Å². The molecule has 0 radical (unpaired) electrons. The molecule has 7 heteroatoms. The molecule has 0 aliphatic heterocycles. The topological polar surface area (TPSA) is 75.5 Å². The monoisotopic (exact) mass is 443 g/mol. The number of Topliss-reactive ketones (excluding diaryl/α,β-unsaturated/α-hetero) is 1. The summed E-state index contributed by atoms with van der Waals surface area (Å²) < 4.78 is 16.5. The van der Waals surface area contributed by atoms with Crippen LogP contribution in [0.15, 0.2) is 23.8 Å². The van der Waals surface area contributed by atoms with Gasteiger partial charge in [0.15, 0.2) is 5.78 Å². The summed E-state index contributed by atoms with van der Waals surface area (Å²) in [5.41, 5.74) is 8.91. The van der Waals surface area contributed by atoms with Gasteiger partial charge in [-0.2, -0.15) is 0 Å². The van der Waals surface area contributed by atoms with Crippen LogP contribution in [-0.4, -0.2) is 28.7 Å². The van der Waals surface area contributed by atoms with Crippen LogP contribution in [-0.2, 0) is 18.3 Å². The summed E-state index contributed by atoms with van der Waals surface area (Å²) in [4.78, 5) is 18.3. The van der Waals surface area contributed by atoms with Crippen molar-refractivity contribution < 1.29 is 19.1 Å². The number of aliphatic hydroxyl groups is 1. The lowest BCUT2D eigenvalue weighted by Gasteiger charge is -2.17. The van der Waals surface area contributed by atoms with Crippen molar-refractivity contribution in [2.75, 3.05) is 18.5 Å². The molecule has 1 aromatic carbocycles. The highest BCUT2D eigenvalue weighted by Gasteiger charge is 2.33. The standard InChI is InChI=1S/C23H28FN3O3.C2H6/c1-14-7-10-18(17(24)13-14)25-23-20(16-5-3-6-19(29)22(16)27(23)2)21(15-8-9-15)26-30-12-4-11-28;1-2/h7,10,13,25-26,28H,3-6,8-9,11-12H2,1-2H3;1-2H3. The van der Waals surface area contributed by atoms with Crippen molar-refractivity contribution in [2.45, 2.75) is 59.3 Å². The van der Waals surface area contributed by atoms with E-state index in [0.717, 1.165) is 48.1 Å². The smallest absolute Gasteiger partial charge is 0.179 e. The van der Waals surface area contributed by atoms with Crippen LogP contribution < -0.4 is 10.8 Å². The van der Waals surface area contributed by atoms with Gasteiger partial charge in [0.05, 0.1) is 23.7 Å². The van der Waals surface area contributed by atoms with E-state index in [1.807, 2.05) is 38.5 Å². The van der Waals surface area contributed by atoms with Crippen molar-refractivity contribution >= 4 is 23.0 Å². The molecule has 0 atom stereocenters. The second-order valence-electron chi connectivity index (χ2n) is 8.00. The fraction of sp³-hybridized carbons (Fsp3) is 0.480. The number of aromatic nitrogens is 1. The Morgan fingerprint density at radius 1 is 1.22 bits per heavy atom. The number of rotatable bonds is 8. The largest absolute Gasteiger partial charge is 0.396 e. The maximum atomic E-state index is 14.6. The van der Waals surface area contributed by atoms with Crippen LogP contribution in [0.5, 0.6) is 0 Å². The van der Waals surface area contributed by atoms with E-state index in [9.17, 15) is 9.18 Å². The van der Waals surface area contributed by atoms with Crippen molar-refractivity contribution in [3.8, 4) is 0 Å². The van der Waals surface area contributed by atoms with Gasteiger partial charge in [-0.15, -0.1) is 0 Å². The molecular weight excluding hydrogens is 409 g/mol. The summed E-state index contributed by atoms with van der Waals surface area (Å²) in [5.74, 6) is 0.462. The van der Waals surface area contributed by atoms with Crippen molar-refractivity contribution in [1.82, 2.24) is 10.0 Å². The third kappa shape index (κ3) is 5.05. The van der Waals surface area contributed by atoms with Gasteiger partial charge in [-0.1, -0.05) is 19.9 Å². The van der Waals surface area contributed by atoms with Crippen molar-refractivity contribution in [2.24, 2.45) is 7.05 Å². The normalized spacial score (nSPS) is 14.4. The fourth-order valence-corrected chi connectivity index (χ4v) is 4.02. The van der Waals surface area contributed by atoms with Crippen LogP contribution in [0.2, 0.25) is 0 Å². The van der Waals surface area contributed by atoms with Crippen LogP contribution >= 0.6 is 0 Å². The average Bonchev–Trinajstić information content (AvgIpc) is 3.58. The third-order valence-electron chi connectivity index (χ3n) is 5.65. The Bertz CT molecular complexity index is 1000. The molecule has 1 saturated carbocycles. The molecule has 2 aliphatic carbocycles. The summed E-state index contributed by atoms with van der Waals surface area (Å²) in [6, 6.07) is 5.07. The van der Waals surface area contributed by atoms with Gasteiger partial charge in [-0.3, -0.25) is 15.1 Å². The Kier molecular flexibility index (Phi) is 8.10. The quantitative estimate of drug-likeness (QED) is 0.388. The Morgan fingerprint density at radius 2 is 1.97 bits per heavy atom. The summed E-state index contributed by atoms with van der Waals surface area (Å²) >= 11 is 0. The molecule has 174 valence electrons. The lowest BCUT2D eigenvalue weighted by Crippen LogP contribution is -2.17. The molecule has 0 unspecified atom stereocenters. The number of allylic oxidation sites excluding steroid dienone is 1. The van der Waals surface area contributed by atoms with Crippen LogP contribution in [0.4, 0.5) is 15.9 Å². The molecule has 1 fully saturated rings. The number of nitrogens with one attached hydrogen (secondary N) is 2. The summed E-state index contributed by atoms with van der Waals surface area (Å²) in [6.45, 7) is 6.28. The molecule has 4 rings (SSSR count). The first-order chi connectivity index (χ1) is 15.5. The molecule has 3 N–H and O–H groups in total. The number of fused-ring (bicyclic) bond motifs is 1. The Hall–Kier alpha value is -2.64. The number of hydrogen-bond donors (Lipinski definition) is 3. The molecule has 0 amide bonds. The highest BCUT2D eigenvalue weighted by Crippen LogP contribution is 2.43. The molecule has 0 saturated heterocycles. The maximum absolute atomic E-state index is 14.6. The summed E-state index contributed by atoms with van der Waals surface area (Å²) in [6.07, 6.45) is 4.56. The molecule has 0 spiro atoms. The maximum Gasteiger partial charge on any atom is 0.179 e. The van der Waals surface area contributed by atoms with Crippen LogP contribution in [0.25, 0.3) is 5.70 Å². The van der Waals surface area contributed by atoms with E-state index in [2.05, 4.69) is 10.8 Å². The van der Waals surface area contributed by atoms with E-state index in [-0.39, 0.29) is 18.2 Å². The van der Waals surface area contributed by atoms with E-state index in [1.54, 1.807) is 6.07 Å². The molecule has 1 aromatic heterocycles. The molecule has 2 aliphatic rings.